The summed E-state index contributed by atoms with van der Waals surface area (Å²) in [6.45, 7) is 3.48. The molecule has 0 bridgehead atoms. The fourth-order valence-electron chi connectivity index (χ4n) is 1.06. The number of ether oxygens (including phenoxy) is 1. The van der Waals surface area contributed by atoms with Crippen molar-refractivity contribution in [2.24, 2.45) is 5.11 Å². The number of azide groups is 1. The standard InChI is InChI=1S/C10H10ClN3O2/c1-6(2)16-10(15)8-5-7(13-14-12)3-4-9(8)11/h3-6H,1-2H3. The third-order valence-corrected chi connectivity index (χ3v) is 2.00. The molecule has 0 aliphatic carbocycles. The minimum Gasteiger partial charge on any atom is -0.459 e. The first-order valence-electron chi connectivity index (χ1n) is 4.60. The number of hydrogen-bond donors (Lipinski definition) is 0. The molecule has 0 atom stereocenters. The summed E-state index contributed by atoms with van der Waals surface area (Å²) in [6, 6.07) is 4.41. The molecule has 0 heterocycles. The largest absolute Gasteiger partial charge is 0.459 e. The molecular formula is C10H10ClN3O2. The van der Waals surface area contributed by atoms with Gasteiger partial charge in [0.15, 0.2) is 0 Å². The molecule has 0 fully saturated rings. The van der Waals surface area contributed by atoms with Gasteiger partial charge in [-0.15, -0.1) is 0 Å². The van der Waals surface area contributed by atoms with Gasteiger partial charge in [0.25, 0.3) is 0 Å². The number of nitrogens with zero attached hydrogens (tertiary/aromatic N) is 3. The summed E-state index contributed by atoms with van der Waals surface area (Å²) in [7, 11) is 0. The predicted octanol–water partition coefficient (Wildman–Crippen LogP) is 3.85. The molecule has 0 spiro atoms. The lowest BCUT2D eigenvalue weighted by Crippen LogP contribution is -2.11. The van der Waals surface area contributed by atoms with Crippen LogP contribution in [-0.2, 0) is 4.74 Å². The van der Waals surface area contributed by atoms with Crippen LogP contribution in [0.2, 0.25) is 5.02 Å². The number of halogens is 1. The molecule has 1 aromatic rings. The van der Waals surface area contributed by atoms with E-state index in [1.165, 1.54) is 18.2 Å². The van der Waals surface area contributed by atoms with Crippen molar-refractivity contribution in [3.63, 3.8) is 0 Å². The van der Waals surface area contributed by atoms with Crippen molar-refractivity contribution in [3.8, 4) is 0 Å². The van der Waals surface area contributed by atoms with Gasteiger partial charge in [0.1, 0.15) is 0 Å². The molecule has 1 aromatic carbocycles. The maximum Gasteiger partial charge on any atom is 0.339 e. The van der Waals surface area contributed by atoms with E-state index in [0.29, 0.717) is 5.69 Å². The molecular weight excluding hydrogens is 230 g/mol. The quantitative estimate of drug-likeness (QED) is 0.348. The van der Waals surface area contributed by atoms with Crippen LogP contribution in [0.4, 0.5) is 5.69 Å². The zero-order chi connectivity index (χ0) is 12.1. The smallest absolute Gasteiger partial charge is 0.339 e. The molecule has 0 amide bonds. The van der Waals surface area contributed by atoms with Crippen LogP contribution in [-0.4, -0.2) is 12.1 Å². The Balaban J connectivity index is 3.06. The fraction of sp³-hybridized carbons (Fsp3) is 0.300. The molecule has 5 nitrogen and oxygen atoms in total. The average Bonchev–Trinajstić information content (AvgIpc) is 2.20. The average molecular weight is 240 g/mol. The summed E-state index contributed by atoms with van der Waals surface area (Å²) in [6.07, 6.45) is -0.230. The van der Waals surface area contributed by atoms with E-state index in [1.807, 2.05) is 0 Å². The Morgan fingerprint density at radius 1 is 1.56 bits per heavy atom. The van der Waals surface area contributed by atoms with Gasteiger partial charge >= 0.3 is 5.97 Å². The van der Waals surface area contributed by atoms with E-state index in [4.69, 9.17) is 21.9 Å². The van der Waals surface area contributed by atoms with Crippen molar-refractivity contribution >= 4 is 23.3 Å². The van der Waals surface area contributed by atoms with Crippen molar-refractivity contribution in [3.05, 3.63) is 39.2 Å². The second-order valence-corrected chi connectivity index (χ2v) is 3.71. The molecule has 0 radical (unpaired) electrons. The summed E-state index contributed by atoms with van der Waals surface area (Å²) in [4.78, 5) is 14.2. The van der Waals surface area contributed by atoms with Crippen LogP contribution in [0.1, 0.15) is 24.2 Å². The molecule has 0 aromatic heterocycles. The maximum atomic E-state index is 11.6. The van der Waals surface area contributed by atoms with Gasteiger partial charge < -0.3 is 4.74 Å². The van der Waals surface area contributed by atoms with E-state index in [-0.39, 0.29) is 16.7 Å². The Hall–Kier alpha value is -1.71. The highest BCUT2D eigenvalue weighted by molar-refractivity contribution is 6.33. The Labute approximate surface area is 97.6 Å². The SMILES string of the molecule is CC(C)OC(=O)c1cc(N=[N+]=[N-])ccc1Cl. The monoisotopic (exact) mass is 239 g/mol. The van der Waals surface area contributed by atoms with Gasteiger partial charge in [0.05, 0.1) is 16.7 Å². The zero-order valence-corrected chi connectivity index (χ0v) is 9.60. The van der Waals surface area contributed by atoms with Crippen molar-refractivity contribution in [2.45, 2.75) is 20.0 Å². The molecule has 0 N–H and O–H groups in total. The van der Waals surface area contributed by atoms with Gasteiger partial charge in [-0.25, -0.2) is 4.79 Å². The molecule has 0 saturated carbocycles. The maximum absolute atomic E-state index is 11.6. The number of rotatable bonds is 3. The molecule has 1 rings (SSSR count). The van der Waals surface area contributed by atoms with Crippen LogP contribution in [0.15, 0.2) is 23.3 Å². The highest BCUT2D eigenvalue weighted by Crippen LogP contribution is 2.23. The molecule has 0 aliphatic heterocycles. The number of carbonyl (C=O) groups is 1. The van der Waals surface area contributed by atoms with E-state index in [1.54, 1.807) is 13.8 Å². The van der Waals surface area contributed by atoms with E-state index >= 15 is 0 Å². The Morgan fingerprint density at radius 3 is 2.81 bits per heavy atom. The van der Waals surface area contributed by atoms with Crippen molar-refractivity contribution in [1.82, 2.24) is 0 Å². The van der Waals surface area contributed by atoms with Crippen molar-refractivity contribution in [1.29, 1.82) is 0 Å². The lowest BCUT2D eigenvalue weighted by atomic mass is 10.2. The number of carbonyl (C=O) groups excluding carboxylic acids is 1. The summed E-state index contributed by atoms with van der Waals surface area (Å²) in [5.41, 5.74) is 8.79. The van der Waals surface area contributed by atoms with Crippen LogP contribution < -0.4 is 0 Å². The number of hydrogen-bond acceptors (Lipinski definition) is 3. The molecule has 6 heteroatoms. The van der Waals surface area contributed by atoms with E-state index in [2.05, 4.69) is 10.0 Å². The Morgan fingerprint density at radius 2 is 2.25 bits per heavy atom. The third kappa shape index (κ3) is 3.15. The van der Waals surface area contributed by atoms with E-state index in [9.17, 15) is 4.79 Å². The van der Waals surface area contributed by atoms with Gasteiger partial charge in [-0.3, -0.25) is 0 Å². The van der Waals surface area contributed by atoms with Gasteiger partial charge in [0.2, 0.25) is 0 Å². The topological polar surface area (TPSA) is 75.1 Å². The zero-order valence-electron chi connectivity index (χ0n) is 8.85. The predicted molar refractivity (Wildman–Crippen MR) is 60.8 cm³/mol. The molecule has 0 aliphatic rings. The second-order valence-electron chi connectivity index (χ2n) is 3.31. The van der Waals surface area contributed by atoms with E-state index < -0.39 is 5.97 Å². The van der Waals surface area contributed by atoms with Crippen LogP contribution in [0.5, 0.6) is 0 Å². The molecule has 0 saturated heterocycles. The van der Waals surface area contributed by atoms with E-state index in [0.717, 1.165) is 0 Å². The van der Waals surface area contributed by atoms with Crippen LogP contribution in [0, 0.1) is 0 Å². The second kappa shape index (κ2) is 5.39. The lowest BCUT2D eigenvalue weighted by Gasteiger charge is -2.09. The number of benzene rings is 1. The van der Waals surface area contributed by atoms with Gasteiger partial charge in [0, 0.05) is 10.6 Å². The van der Waals surface area contributed by atoms with Crippen LogP contribution in [0.3, 0.4) is 0 Å². The normalized spacial score (nSPS) is 9.75. The third-order valence-electron chi connectivity index (χ3n) is 1.67. The Kier molecular flexibility index (Phi) is 4.17. The first-order chi connectivity index (χ1) is 7.54. The van der Waals surface area contributed by atoms with Crippen molar-refractivity contribution < 1.29 is 9.53 Å². The molecule has 0 unspecified atom stereocenters. The van der Waals surface area contributed by atoms with Crippen LogP contribution in [0.25, 0.3) is 10.4 Å². The summed E-state index contributed by atoms with van der Waals surface area (Å²) in [5, 5.41) is 3.65. The minimum atomic E-state index is -0.532. The lowest BCUT2D eigenvalue weighted by molar-refractivity contribution is 0.0378. The van der Waals surface area contributed by atoms with Gasteiger partial charge in [-0.2, -0.15) is 0 Å². The summed E-state index contributed by atoms with van der Waals surface area (Å²) < 4.78 is 4.99. The summed E-state index contributed by atoms with van der Waals surface area (Å²) >= 11 is 5.84. The first-order valence-corrected chi connectivity index (χ1v) is 4.98. The molecule has 16 heavy (non-hydrogen) atoms. The molecule has 84 valence electrons. The highest BCUT2D eigenvalue weighted by Gasteiger charge is 2.13. The Bertz CT molecular complexity index is 453. The fourth-order valence-corrected chi connectivity index (χ4v) is 1.26. The van der Waals surface area contributed by atoms with Gasteiger partial charge in [-0.05, 0) is 31.5 Å². The van der Waals surface area contributed by atoms with Gasteiger partial charge in [-0.1, -0.05) is 22.8 Å². The summed E-state index contributed by atoms with van der Waals surface area (Å²) in [5.74, 6) is -0.532. The van der Waals surface area contributed by atoms with Crippen molar-refractivity contribution in [2.75, 3.05) is 0 Å². The number of esters is 1. The first kappa shape index (κ1) is 12.4. The minimum absolute atomic E-state index is 0.195. The highest BCUT2D eigenvalue weighted by atomic mass is 35.5. The van der Waals surface area contributed by atoms with Crippen LogP contribution >= 0.6 is 11.6 Å².